The number of anilines is 1. The third kappa shape index (κ3) is 4.25. The van der Waals surface area contributed by atoms with Gasteiger partial charge in [0, 0.05) is 34.4 Å². The van der Waals surface area contributed by atoms with Gasteiger partial charge < -0.3 is 15.7 Å². The van der Waals surface area contributed by atoms with E-state index >= 15 is 4.39 Å². The molecule has 1 aromatic heterocycles. The number of rotatable bonds is 3. The highest BCUT2D eigenvalue weighted by Crippen LogP contribution is 2.64. The van der Waals surface area contributed by atoms with E-state index in [4.69, 9.17) is 23.2 Å². The molecule has 3 fully saturated rings. The number of amides is 2. The Morgan fingerprint density at radius 3 is 2.50 bits per heavy atom. The number of halogens is 3. The molecule has 3 atom stereocenters. The summed E-state index contributed by atoms with van der Waals surface area (Å²) in [6.45, 7) is 4.43. The lowest BCUT2D eigenvalue weighted by Crippen LogP contribution is -2.61. The summed E-state index contributed by atoms with van der Waals surface area (Å²) in [7, 11) is 0. The van der Waals surface area contributed by atoms with E-state index in [9.17, 15) is 14.7 Å². The number of pyridine rings is 1. The van der Waals surface area contributed by atoms with Crippen LogP contribution in [0, 0.1) is 11.2 Å². The maximum atomic E-state index is 15.9. The highest BCUT2D eigenvalue weighted by atomic mass is 35.5. The van der Waals surface area contributed by atoms with Crippen molar-refractivity contribution in [3.63, 3.8) is 0 Å². The van der Waals surface area contributed by atoms with Gasteiger partial charge in [-0.2, -0.15) is 0 Å². The van der Waals surface area contributed by atoms with Crippen molar-refractivity contribution in [3.05, 3.63) is 57.6 Å². The van der Waals surface area contributed by atoms with Crippen LogP contribution >= 0.6 is 23.2 Å². The van der Waals surface area contributed by atoms with Crippen LogP contribution in [0.15, 0.2) is 30.5 Å². The molecule has 2 amide bonds. The lowest BCUT2D eigenvalue weighted by Gasteiger charge is -2.50. The second-order valence-corrected chi connectivity index (χ2v) is 13.6. The molecule has 0 unspecified atom stereocenters. The molecule has 6 rings (SSSR count). The zero-order valence-electron chi connectivity index (χ0n) is 22.7. The largest absolute Gasteiger partial charge is 0.393 e. The zero-order chi connectivity index (χ0) is 28.4. The number of hydrogen-bond acceptors (Lipinski definition) is 5. The fraction of sp³-hybridized carbons (Fsp3) is 0.567. The Kier molecular flexibility index (Phi) is 6.92. The molecule has 1 aromatic carbocycles. The number of aliphatic hydroxyl groups is 1. The number of aliphatic hydroxyl groups excluding tert-OH is 1. The molecule has 0 radical (unpaired) electrons. The number of nitrogens with one attached hydrogen (secondary N) is 3. The first-order chi connectivity index (χ1) is 19.0. The molecular formula is C30H35Cl2FN4O3. The average molecular weight is 590 g/mol. The van der Waals surface area contributed by atoms with Crippen LogP contribution in [-0.2, 0) is 15.0 Å². The van der Waals surface area contributed by atoms with Gasteiger partial charge in [0.2, 0.25) is 11.8 Å². The quantitative estimate of drug-likeness (QED) is 0.367. The second-order valence-electron chi connectivity index (χ2n) is 12.8. The molecule has 1 saturated heterocycles. The van der Waals surface area contributed by atoms with Gasteiger partial charge in [0.25, 0.3) is 0 Å². The van der Waals surface area contributed by atoms with Gasteiger partial charge >= 0.3 is 0 Å². The smallest absolute Gasteiger partial charge is 0.238 e. The molecule has 7 nitrogen and oxygen atoms in total. The molecule has 0 bridgehead atoms. The lowest BCUT2D eigenvalue weighted by atomic mass is 9.53. The highest BCUT2D eigenvalue weighted by Gasteiger charge is 2.73. The zero-order valence-corrected chi connectivity index (χ0v) is 24.2. The van der Waals surface area contributed by atoms with Gasteiger partial charge in [0.1, 0.15) is 5.41 Å². The van der Waals surface area contributed by atoms with Crippen molar-refractivity contribution in [3.8, 4) is 0 Å². The Morgan fingerprint density at radius 2 is 1.80 bits per heavy atom. The normalized spacial score (nSPS) is 32.2. The van der Waals surface area contributed by atoms with Gasteiger partial charge in [0.05, 0.1) is 12.1 Å². The molecule has 2 aromatic rings. The van der Waals surface area contributed by atoms with Crippen molar-refractivity contribution >= 4 is 40.7 Å². The maximum Gasteiger partial charge on any atom is 0.238 e. The minimum atomic E-state index is -1.29. The minimum Gasteiger partial charge on any atom is -0.393 e. The van der Waals surface area contributed by atoms with E-state index in [-0.39, 0.29) is 40.1 Å². The summed E-state index contributed by atoms with van der Waals surface area (Å²) in [5, 5.41) is 20.0. The molecule has 214 valence electrons. The van der Waals surface area contributed by atoms with Crippen molar-refractivity contribution in [1.82, 2.24) is 15.6 Å². The molecule has 4 N–H and O–H groups in total. The van der Waals surface area contributed by atoms with Crippen LogP contribution in [0.3, 0.4) is 0 Å². The number of aromatic nitrogens is 1. The Bertz CT molecular complexity index is 1350. The minimum absolute atomic E-state index is 0.0655. The Morgan fingerprint density at radius 1 is 1.10 bits per heavy atom. The van der Waals surface area contributed by atoms with Gasteiger partial charge in [-0.05, 0) is 86.1 Å². The molecule has 2 aliphatic heterocycles. The fourth-order valence-electron chi connectivity index (χ4n) is 7.84. The third-order valence-corrected chi connectivity index (χ3v) is 10.5. The number of nitrogens with zero attached hydrogens (tertiary/aromatic N) is 1. The van der Waals surface area contributed by atoms with Crippen LogP contribution in [0.2, 0.25) is 10.2 Å². The molecular weight excluding hydrogens is 554 g/mol. The second kappa shape index (κ2) is 9.93. The average Bonchev–Trinajstić information content (AvgIpc) is 3.37. The predicted molar refractivity (Wildman–Crippen MR) is 152 cm³/mol. The predicted octanol–water partition coefficient (Wildman–Crippen LogP) is 5.23. The molecule has 40 heavy (non-hydrogen) atoms. The van der Waals surface area contributed by atoms with Crippen LogP contribution in [-0.4, -0.2) is 45.6 Å². The first kappa shape index (κ1) is 27.9. The molecule has 2 aliphatic carbocycles. The molecule has 3 heterocycles. The molecule has 10 heteroatoms. The van der Waals surface area contributed by atoms with E-state index in [1.807, 2.05) is 6.07 Å². The number of benzene rings is 1. The van der Waals surface area contributed by atoms with E-state index in [2.05, 4.69) is 34.8 Å². The van der Waals surface area contributed by atoms with E-state index in [1.54, 1.807) is 18.2 Å². The van der Waals surface area contributed by atoms with Crippen LogP contribution in [0.1, 0.15) is 82.3 Å². The van der Waals surface area contributed by atoms with Crippen LogP contribution in [0.5, 0.6) is 0 Å². The highest BCUT2D eigenvalue weighted by molar-refractivity contribution is 6.31. The van der Waals surface area contributed by atoms with Crippen molar-refractivity contribution < 1.29 is 19.1 Å². The molecule has 2 saturated carbocycles. The summed E-state index contributed by atoms with van der Waals surface area (Å²) < 4.78 is 15.9. The number of hydrogen-bond donors (Lipinski definition) is 4. The monoisotopic (exact) mass is 588 g/mol. The van der Waals surface area contributed by atoms with Crippen molar-refractivity contribution in [2.75, 3.05) is 5.32 Å². The number of fused-ring (bicyclic) bond motifs is 3. The number of carbonyl (C=O) groups excluding carboxylic acids is 2. The van der Waals surface area contributed by atoms with E-state index in [1.165, 1.54) is 6.20 Å². The van der Waals surface area contributed by atoms with E-state index < -0.39 is 28.7 Å². The van der Waals surface area contributed by atoms with Gasteiger partial charge in [-0.25, -0.2) is 9.37 Å². The summed E-state index contributed by atoms with van der Waals surface area (Å²) in [5.41, 5.74) is -0.565. The van der Waals surface area contributed by atoms with Gasteiger partial charge in [-0.1, -0.05) is 43.1 Å². The summed E-state index contributed by atoms with van der Waals surface area (Å²) >= 11 is 12.6. The SMILES string of the molecule is CC1(C)CCC2(CC1)N[C@@H](C(=O)NC1CCC(O)CC1)[C@H](c1ccnc(Cl)c1F)[C@]21C(=O)Nc2cc(Cl)ccc21. The standard InChI is InChI=1S/C30H35Cl2FN4O3/c1-28(2)10-12-29(13-11-28)30(20-8-3-16(31)15-21(20)36-27(30)40)22(19-9-14-34-25(32)23(19)33)24(37-29)26(39)35-17-4-6-18(38)7-5-17/h3,8-9,14-15,17-18,22,24,37-38H,4-7,10-13H2,1-2H3,(H,35,39)(H,36,40)/t17?,18?,22-,24+,30+/m0/s1. The Hall–Kier alpha value is -2.26. The van der Waals surface area contributed by atoms with Crippen molar-refractivity contribution in [1.29, 1.82) is 0 Å². The third-order valence-electron chi connectivity index (χ3n) is 9.99. The Balaban J connectivity index is 1.54. The van der Waals surface area contributed by atoms with E-state index in [0.29, 0.717) is 54.8 Å². The van der Waals surface area contributed by atoms with Gasteiger partial charge in [-0.15, -0.1) is 0 Å². The fourth-order valence-corrected chi connectivity index (χ4v) is 8.18. The summed E-state index contributed by atoms with van der Waals surface area (Å²) in [4.78, 5) is 32.6. The van der Waals surface area contributed by atoms with Gasteiger partial charge in [-0.3, -0.25) is 14.9 Å². The van der Waals surface area contributed by atoms with Gasteiger partial charge in [0.15, 0.2) is 11.0 Å². The number of carbonyl (C=O) groups is 2. The topological polar surface area (TPSA) is 103 Å². The Labute approximate surface area is 243 Å². The van der Waals surface area contributed by atoms with Crippen LogP contribution in [0.4, 0.5) is 10.1 Å². The molecule has 2 spiro atoms. The van der Waals surface area contributed by atoms with Crippen molar-refractivity contribution in [2.45, 2.75) is 100 Å². The van der Waals surface area contributed by atoms with E-state index in [0.717, 1.165) is 12.8 Å². The van der Waals surface area contributed by atoms with Crippen molar-refractivity contribution in [2.24, 2.45) is 5.41 Å². The lowest BCUT2D eigenvalue weighted by molar-refractivity contribution is -0.125. The van der Waals surface area contributed by atoms with Crippen LogP contribution < -0.4 is 16.0 Å². The molecule has 4 aliphatic rings. The first-order valence-electron chi connectivity index (χ1n) is 14.1. The summed E-state index contributed by atoms with van der Waals surface area (Å²) in [6, 6.07) is 5.84. The van der Waals surface area contributed by atoms with Crippen LogP contribution in [0.25, 0.3) is 0 Å². The first-order valence-corrected chi connectivity index (χ1v) is 14.9. The summed E-state index contributed by atoms with van der Waals surface area (Å²) in [5.74, 6) is -2.18. The maximum absolute atomic E-state index is 15.9. The summed E-state index contributed by atoms with van der Waals surface area (Å²) in [6.07, 6.45) is 6.53.